The number of nitrogens with two attached hydrogens (primary N) is 1. The van der Waals surface area contributed by atoms with Crippen LogP contribution in [-0.2, 0) is 4.79 Å². The van der Waals surface area contributed by atoms with Gasteiger partial charge in [-0.3, -0.25) is 10.2 Å². The summed E-state index contributed by atoms with van der Waals surface area (Å²) in [5.41, 5.74) is 2.17. The van der Waals surface area contributed by atoms with Gasteiger partial charge in [-0.25, -0.2) is 5.84 Å². The van der Waals surface area contributed by atoms with Gasteiger partial charge in [-0.1, -0.05) is 39.5 Å². The van der Waals surface area contributed by atoms with Gasteiger partial charge in [0.05, 0.1) is 0 Å². The predicted octanol–water partition coefficient (Wildman–Crippen LogP) is -1.30. The van der Waals surface area contributed by atoms with Gasteiger partial charge in [0.15, 0.2) is 0 Å². The molecule has 0 aliphatic carbocycles. The molecule has 0 aliphatic heterocycles. The van der Waals surface area contributed by atoms with Crippen LogP contribution < -0.4 is 40.8 Å². The maximum absolute atomic E-state index is 10.9. The molecular formula is C9H21N2NaO. The zero-order chi connectivity index (χ0) is 9.40. The minimum Gasteiger partial charge on any atom is -1.00 e. The second kappa shape index (κ2) is 10.5. The molecule has 0 rings (SSSR count). The first-order valence-corrected chi connectivity index (χ1v) is 4.72. The number of unbranched alkanes of at least 4 members (excludes halogenated alkanes) is 3. The molecule has 0 radical (unpaired) electrons. The molecule has 0 saturated heterocycles. The van der Waals surface area contributed by atoms with E-state index in [2.05, 4.69) is 12.3 Å². The Morgan fingerprint density at radius 1 is 1.46 bits per heavy atom. The molecule has 74 valence electrons. The van der Waals surface area contributed by atoms with E-state index in [1.54, 1.807) is 0 Å². The van der Waals surface area contributed by atoms with Gasteiger partial charge < -0.3 is 1.43 Å². The zero-order valence-corrected chi connectivity index (χ0v) is 11.1. The van der Waals surface area contributed by atoms with Crippen molar-refractivity contribution in [1.29, 1.82) is 0 Å². The van der Waals surface area contributed by atoms with E-state index >= 15 is 0 Å². The molecule has 4 heteroatoms. The molecule has 0 fully saturated rings. The SMILES string of the molecule is CCCCCCC(C)C(=O)NN.[H-].[Na+]. The third-order valence-electron chi connectivity index (χ3n) is 2.08. The molecule has 0 aromatic rings. The molecule has 0 aromatic heterocycles. The van der Waals surface area contributed by atoms with E-state index in [1.807, 2.05) is 6.92 Å². The fourth-order valence-electron chi connectivity index (χ4n) is 1.15. The predicted molar refractivity (Wildman–Crippen MR) is 51.4 cm³/mol. The maximum atomic E-state index is 10.9. The van der Waals surface area contributed by atoms with Crippen molar-refractivity contribution >= 4 is 5.91 Å². The van der Waals surface area contributed by atoms with Crippen molar-refractivity contribution in [3.63, 3.8) is 0 Å². The summed E-state index contributed by atoms with van der Waals surface area (Å²) >= 11 is 0. The van der Waals surface area contributed by atoms with Crippen LogP contribution in [0.25, 0.3) is 0 Å². The van der Waals surface area contributed by atoms with Crippen LogP contribution in [0.1, 0.15) is 47.4 Å². The van der Waals surface area contributed by atoms with Gasteiger partial charge in [0.1, 0.15) is 0 Å². The van der Waals surface area contributed by atoms with E-state index < -0.39 is 0 Å². The van der Waals surface area contributed by atoms with Gasteiger partial charge in [0.2, 0.25) is 5.91 Å². The molecule has 1 unspecified atom stereocenters. The van der Waals surface area contributed by atoms with E-state index in [9.17, 15) is 4.79 Å². The van der Waals surface area contributed by atoms with Crippen LogP contribution in [0.5, 0.6) is 0 Å². The molecule has 3 nitrogen and oxygen atoms in total. The van der Waals surface area contributed by atoms with Crippen LogP contribution in [0.15, 0.2) is 0 Å². The summed E-state index contributed by atoms with van der Waals surface area (Å²) in [6, 6.07) is 0. The van der Waals surface area contributed by atoms with E-state index in [-0.39, 0.29) is 42.8 Å². The number of amides is 1. The summed E-state index contributed by atoms with van der Waals surface area (Å²) in [5.74, 6) is 5.02. The zero-order valence-electron chi connectivity index (χ0n) is 10.1. The number of nitrogens with one attached hydrogen (secondary N) is 1. The van der Waals surface area contributed by atoms with E-state index in [0.29, 0.717) is 0 Å². The van der Waals surface area contributed by atoms with Crippen molar-refractivity contribution in [2.45, 2.75) is 46.0 Å². The molecule has 0 bridgehead atoms. The van der Waals surface area contributed by atoms with Gasteiger partial charge in [0.25, 0.3) is 0 Å². The number of hydrogen-bond donors (Lipinski definition) is 2. The van der Waals surface area contributed by atoms with Crippen molar-refractivity contribution in [3.05, 3.63) is 0 Å². The normalized spacial score (nSPS) is 11.6. The topological polar surface area (TPSA) is 55.1 Å². The number of hydrogen-bond acceptors (Lipinski definition) is 2. The van der Waals surface area contributed by atoms with Gasteiger partial charge in [0, 0.05) is 5.92 Å². The molecule has 3 N–H and O–H groups in total. The monoisotopic (exact) mass is 196 g/mol. The van der Waals surface area contributed by atoms with Gasteiger partial charge in [-0.05, 0) is 6.42 Å². The Morgan fingerprint density at radius 3 is 2.54 bits per heavy atom. The first-order chi connectivity index (χ1) is 5.72. The Morgan fingerprint density at radius 2 is 2.08 bits per heavy atom. The van der Waals surface area contributed by atoms with Crippen LogP contribution in [0.2, 0.25) is 0 Å². The van der Waals surface area contributed by atoms with Crippen molar-refractivity contribution in [2.75, 3.05) is 0 Å². The third-order valence-corrected chi connectivity index (χ3v) is 2.08. The first-order valence-electron chi connectivity index (χ1n) is 4.72. The molecule has 1 amide bonds. The molecule has 13 heavy (non-hydrogen) atoms. The summed E-state index contributed by atoms with van der Waals surface area (Å²) in [5, 5.41) is 0. The van der Waals surface area contributed by atoms with Gasteiger partial charge >= 0.3 is 29.6 Å². The van der Waals surface area contributed by atoms with Crippen molar-refractivity contribution in [2.24, 2.45) is 11.8 Å². The first kappa shape index (κ1) is 15.9. The molecular weight excluding hydrogens is 175 g/mol. The summed E-state index contributed by atoms with van der Waals surface area (Å²) < 4.78 is 0. The fraction of sp³-hybridized carbons (Fsp3) is 0.889. The van der Waals surface area contributed by atoms with E-state index in [0.717, 1.165) is 12.8 Å². The average molecular weight is 196 g/mol. The molecule has 0 heterocycles. The largest absolute Gasteiger partial charge is 1.00 e. The fourth-order valence-corrected chi connectivity index (χ4v) is 1.15. The minimum atomic E-state index is -0.0495. The molecule has 0 aliphatic rings. The Hall–Kier alpha value is 0.430. The Kier molecular flexibility index (Phi) is 12.8. The number of carbonyl (C=O) groups is 1. The molecule has 1 atom stereocenters. The molecule has 0 saturated carbocycles. The van der Waals surface area contributed by atoms with E-state index in [4.69, 9.17) is 5.84 Å². The summed E-state index contributed by atoms with van der Waals surface area (Å²) in [4.78, 5) is 10.9. The Bertz CT molecular complexity index is 136. The van der Waals surface area contributed by atoms with Crippen molar-refractivity contribution in [3.8, 4) is 0 Å². The Balaban J connectivity index is -0.000000605. The third kappa shape index (κ3) is 8.75. The molecule has 0 aromatic carbocycles. The quantitative estimate of drug-likeness (QED) is 0.182. The van der Waals surface area contributed by atoms with Crippen molar-refractivity contribution in [1.82, 2.24) is 5.43 Å². The smallest absolute Gasteiger partial charge is 1.00 e. The number of carbonyl (C=O) groups excluding carboxylic acids is 1. The van der Waals surface area contributed by atoms with Gasteiger partial charge in [-0.2, -0.15) is 0 Å². The van der Waals surface area contributed by atoms with Gasteiger partial charge in [-0.15, -0.1) is 0 Å². The second-order valence-corrected chi connectivity index (χ2v) is 3.26. The van der Waals surface area contributed by atoms with Crippen LogP contribution in [0.3, 0.4) is 0 Å². The minimum absolute atomic E-state index is 0. The summed E-state index contributed by atoms with van der Waals surface area (Å²) in [6.45, 7) is 4.09. The Labute approximate surface area is 105 Å². The van der Waals surface area contributed by atoms with Crippen LogP contribution >= 0.6 is 0 Å². The van der Waals surface area contributed by atoms with Crippen LogP contribution in [0.4, 0.5) is 0 Å². The number of rotatable bonds is 6. The maximum Gasteiger partial charge on any atom is 1.00 e. The number of hydrazine groups is 1. The van der Waals surface area contributed by atoms with E-state index in [1.165, 1.54) is 19.3 Å². The summed E-state index contributed by atoms with van der Waals surface area (Å²) in [6.07, 6.45) is 5.79. The molecule has 0 spiro atoms. The van der Waals surface area contributed by atoms with Crippen molar-refractivity contribution < 1.29 is 35.8 Å². The summed E-state index contributed by atoms with van der Waals surface area (Å²) in [7, 11) is 0. The van der Waals surface area contributed by atoms with Crippen LogP contribution in [0, 0.1) is 5.92 Å². The second-order valence-electron chi connectivity index (χ2n) is 3.26. The van der Waals surface area contributed by atoms with Crippen LogP contribution in [-0.4, -0.2) is 5.91 Å². The standard InChI is InChI=1S/C9H20N2O.Na.H/c1-3-4-5-6-7-8(2)9(12)11-10;;/h8H,3-7,10H2,1-2H3,(H,11,12);;/q;+1;-1. The average Bonchev–Trinajstić information content (AvgIpc) is 2.10.